The predicted octanol–water partition coefficient (Wildman–Crippen LogP) is 2.64. The zero-order valence-corrected chi connectivity index (χ0v) is 13.2. The number of ether oxygens (including phenoxy) is 1. The molecule has 0 radical (unpaired) electrons. The summed E-state index contributed by atoms with van der Waals surface area (Å²) in [6, 6.07) is 7.15. The standard InChI is InChI=1S/C17H15FN4O3/c18-12-5-6-13(14(19)9-12)17(23)24-8-2-4-15-21-16(22-25-15)11-3-1-7-20-10-11/h1,3,5-7,9-10H,2,4,8,19H2. The van der Waals surface area contributed by atoms with Gasteiger partial charge in [-0.05, 0) is 36.8 Å². The van der Waals surface area contributed by atoms with Crippen LogP contribution in [0.5, 0.6) is 0 Å². The van der Waals surface area contributed by atoms with Gasteiger partial charge in [-0.25, -0.2) is 9.18 Å². The van der Waals surface area contributed by atoms with Crippen molar-refractivity contribution < 1.29 is 18.4 Å². The number of rotatable bonds is 6. The number of hydrogen-bond acceptors (Lipinski definition) is 7. The molecule has 1 aromatic carbocycles. The fraction of sp³-hybridized carbons (Fsp3) is 0.176. The van der Waals surface area contributed by atoms with E-state index in [2.05, 4.69) is 15.1 Å². The summed E-state index contributed by atoms with van der Waals surface area (Å²) in [6.07, 6.45) is 4.26. The molecule has 8 heteroatoms. The van der Waals surface area contributed by atoms with Crippen molar-refractivity contribution in [3.05, 3.63) is 60.0 Å². The highest BCUT2D eigenvalue weighted by atomic mass is 19.1. The quantitative estimate of drug-likeness (QED) is 0.417. The Kier molecular flexibility index (Phi) is 4.98. The van der Waals surface area contributed by atoms with Crippen molar-refractivity contribution in [3.8, 4) is 11.4 Å². The van der Waals surface area contributed by atoms with Gasteiger partial charge in [0.05, 0.1) is 12.2 Å². The van der Waals surface area contributed by atoms with Gasteiger partial charge in [-0.15, -0.1) is 0 Å². The Bertz CT molecular complexity index is 867. The zero-order chi connectivity index (χ0) is 17.6. The van der Waals surface area contributed by atoms with E-state index in [9.17, 15) is 9.18 Å². The first-order valence-corrected chi connectivity index (χ1v) is 7.58. The lowest BCUT2D eigenvalue weighted by Crippen LogP contribution is -2.10. The summed E-state index contributed by atoms with van der Waals surface area (Å²) in [7, 11) is 0. The lowest BCUT2D eigenvalue weighted by molar-refractivity contribution is 0.0499. The van der Waals surface area contributed by atoms with Crippen molar-refractivity contribution in [2.24, 2.45) is 0 Å². The van der Waals surface area contributed by atoms with Gasteiger partial charge in [0.25, 0.3) is 0 Å². The smallest absolute Gasteiger partial charge is 0.340 e. The van der Waals surface area contributed by atoms with E-state index in [0.717, 1.165) is 17.7 Å². The maximum absolute atomic E-state index is 13.0. The molecule has 0 bridgehead atoms. The molecule has 0 aliphatic heterocycles. The SMILES string of the molecule is Nc1cc(F)ccc1C(=O)OCCCc1nc(-c2cccnc2)no1. The van der Waals surface area contributed by atoms with Gasteiger partial charge in [0.1, 0.15) is 5.82 Å². The molecule has 0 saturated heterocycles. The second-order valence-corrected chi connectivity index (χ2v) is 5.22. The highest BCUT2D eigenvalue weighted by Gasteiger charge is 2.13. The number of nitrogens with two attached hydrogens (primary N) is 1. The first-order valence-electron chi connectivity index (χ1n) is 7.58. The molecule has 25 heavy (non-hydrogen) atoms. The summed E-state index contributed by atoms with van der Waals surface area (Å²) in [5.74, 6) is -0.204. The Labute approximate surface area is 142 Å². The van der Waals surface area contributed by atoms with E-state index in [-0.39, 0.29) is 17.9 Å². The summed E-state index contributed by atoms with van der Waals surface area (Å²) in [5, 5.41) is 3.88. The van der Waals surface area contributed by atoms with Gasteiger partial charge < -0.3 is 15.0 Å². The van der Waals surface area contributed by atoms with Crippen LogP contribution in [0.15, 0.2) is 47.2 Å². The normalized spacial score (nSPS) is 10.6. The van der Waals surface area contributed by atoms with Gasteiger partial charge in [0.15, 0.2) is 0 Å². The van der Waals surface area contributed by atoms with Crippen molar-refractivity contribution >= 4 is 11.7 Å². The van der Waals surface area contributed by atoms with Gasteiger partial charge in [0.2, 0.25) is 11.7 Å². The van der Waals surface area contributed by atoms with E-state index in [1.165, 1.54) is 6.07 Å². The number of benzene rings is 1. The van der Waals surface area contributed by atoms with Crippen LogP contribution in [0.2, 0.25) is 0 Å². The lowest BCUT2D eigenvalue weighted by atomic mass is 10.2. The van der Waals surface area contributed by atoms with E-state index < -0.39 is 11.8 Å². The summed E-state index contributed by atoms with van der Waals surface area (Å²) < 4.78 is 23.2. The maximum Gasteiger partial charge on any atom is 0.340 e. The Morgan fingerprint density at radius 1 is 1.32 bits per heavy atom. The molecule has 2 aromatic heterocycles. The first-order chi connectivity index (χ1) is 12.1. The number of esters is 1. The Morgan fingerprint density at radius 2 is 2.20 bits per heavy atom. The van der Waals surface area contributed by atoms with Crippen LogP contribution >= 0.6 is 0 Å². The number of hydrogen-bond donors (Lipinski definition) is 1. The molecule has 0 aliphatic carbocycles. The van der Waals surface area contributed by atoms with Crippen molar-refractivity contribution in [2.75, 3.05) is 12.3 Å². The van der Waals surface area contributed by atoms with Crippen molar-refractivity contribution in [2.45, 2.75) is 12.8 Å². The molecule has 0 aliphatic rings. The third-order valence-electron chi connectivity index (χ3n) is 3.39. The highest BCUT2D eigenvalue weighted by Crippen LogP contribution is 2.16. The summed E-state index contributed by atoms with van der Waals surface area (Å²) in [5.41, 5.74) is 6.54. The van der Waals surface area contributed by atoms with Gasteiger partial charge in [-0.2, -0.15) is 4.98 Å². The average Bonchev–Trinajstić information content (AvgIpc) is 3.08. The largest absolute Gasteiger partial charge is 0.462 e. The minimum Gasteiger partial charge on any atom is -0.462 e. The molecule has 0 unspecified atom stereocenters. The minimum atomic E-state index is -0.598. The fourth-order valence-electron chi connectivity index (χ4n) is 2.15. The van der Waals surface area contributed by atoms with Gasteiger partial charge in [-0.3, -0.25) is 4.98 Å². The van der Waals surface area contributed by atoms with Crippen molar-refractivity contribution in [3.63, 3.8) is 0 Å². The van der Waals surface area contributed by atoms with E-state index >= 15 is 0 Å². The van der Waals surface area contributed by atoms with Crippen LogP contribution < -0.4 is 5.73 Å². The van der Waals surface area contributed by atoms with Crippen LogP contribution in [0.1, 0.15) is 22.7 Å². The third kappa shape index (κ3) is 4.17. The molecule has 3 aromatic rings. The number of carbonyl (C=O) groups excluding carboxylic acids is 1. The molecule has 0 amide bonds. The van der Waals surface area contributed by atoms with E-state index in [4.69, 9.17) is 15.0 Å². The second-order valence-electron chi connectivity index (χ2n) is 5.22. The molecular formula is C17H15FN4O3. The topological polar surface area (TPSA) is 104 Å². The Morgan fingerprint density at radius 3 is 2.96 bits per heavy atom. The molecule has 0 spiro atoms. The van der Waals surface area contributed by atoms with Gasteiger partial charge in [-0.1, -0.05) is 5.16 Å². The van der Waals surface area contributed by atoms with Crippen LogP contribution in [0.25, 0.3) is 11.4 Å². The van der Waals surface area contributed by atoms with Crippen LogP contribution in [0.4, 0.5) is 10.1 Å². The van der Waals surface area contributed by atoms with E-state index in [1.54, 1.807) is 18.5 Å². The maximum atomic E-state index is 13.0. The molecule has 0 atom stereocenters. The number of aromatic nitrogens is 3. The highest BCUT2D eigenvalue weighted by molar-refractivity contribution is 5.94. The van der Waals surface area contributed by atoms with Crippen molar-refractivity contribution in [1.29, 1.82) is 0 Å². The van der Waals surface area contributed by atoms with Crippen molar-refractivity contribution in [1.82, 2.24) is 15.1 Å². The van der Waals surface area contributed by atoms with Crippen LogP contribution in [0, 0.1) is 5.82 Å². The molecule has 128 valence electrons. The second kappa shape index (κ2) is 7.52. The number of pyridine rings is 1. The lowest BCUT2D eigenvalue weighted by Gasteiger charge is -2.06. The van der Waals surface area contributed by atoms with E-state index in [1.807, 2.05) is 6.07 Å². The molecule has 0 fully saturated rings. The summed E-state index contributed by atoms with van der Waals surface area (Å²) in [4.78, 5) is 20.1. The third-order valence-corrected chi connectivity index (χ3v) is 3.39. The molecule has 0 saturated carbocycles. The van der Waals surface area contributed by atoms with E-state index in [0.29, 0.717) is 24.6 Å². The average molecular weight is 342 g/mol. The monoisotopic (exact) mass is 342 g/mol. The number of nitrogen functional groups attached to an aromatic ring is 1. The van der Waals surface area contributed by atoms with Gasteiger partial charge in [0, 0.05) is 30.1 Å². The molecule has 3 rings (SSSR count). The molecule has 7 nitrogen and oxygen atoms in total. The molecule has 2 heterocycles. The number of carbonyl (C=O) groups is 1. The number of aryl methyl sites for hydroxylation is 1. The number of nitrogens with zero attached hydrogens (tertiary/aromatic N) is 3. The number of halogens is 1. The fourth-order valence-corrected chi connectivity index (χ4v) is 2.15. The zero-order valence-electron chi connectivity index (χ0n) is 13.2. The van der Waals surface area contributed by atoms with Crippen LogP contribution in [0.3, 0.4) is 0 Å². The predicted molar refractivity (Wildman–Crippen MR) is 86.9 cm³/mol. The van der Waals surface area contributed by atoms with Crippen LogP contribution in [-0.2, 0) is 11.2 Å². The Hall–Kier alpha value is -3.29. The Balaban J connectivity index is 1.49. The van der Waals surface area contributed by atoms with Crippen LogP contribution in [-0.4, -0.2) is 27.7 Å². The van der Waals surface area contributed by atoms with Gasteiger partial charge >= 0.3 is 5.97 Å². The number of anilines is 1. The summed E-state index contributed by atoms with van der Waals surface area (Å²) in [6.45, 7) is 0.153. The molecular weight excluding hydrogens is 327 g/mol. The minimum absolute atomic E-state index is 0.0445. The summed E-state index contributed by atoms with van der Waals surface area (Å²) >= 11 is 0. The first kappa shape index (κ1) is 16.6. The molecule has 2 N–H and O–H groups in total.